The molecule has 1 aliphatic heterocycles. The molecule has 1 saturated heterocycles. The highest BCUT2D eigenvalue weighted by atomic mass is 16.6. The summed E-state index contributed by atoms with van der Waals surface area (Å²) < 4.78 is 15.6. The van der Waals surface area contributed by atoms with Crippen LogP contribution >= 0.6 is 0 Å². The van der Waals surface area contributed by atoms with Gasteiger partial charge in [0, 0.05) is 6.42 Å². The van der Waals surface area contributed by atoms with E-state index in [2.05, 4.69) is 0 Å². The van der Waals surface area contributed by atoms with E-state index in [1.54, 1.807) is 18.2 Å². The maximum atomic E-state index is 11.6. The molecule has 1 unspecified atom stereocenters. The van der Waals surface area contributed by atoms with Crippen LogP contribution in [-0.4, -0.2) is 32.4 Å². The highest BCUT2D eigenvalue weighted by Gasteiger charge is 2.22. The molecule has 0 aliphatic carbocycles. The molecule has 1 aliphatic rings. The van der Waals surface area contributed by atoms with Crippen LogP contribution in [0, 0.1) is 0 Å². The number of anilines is 1. The maximum absolute atomic E-state index is 11.6. The Kier molecular flexibility index (Phi) is 3.49. The quantitative estimate of drug-likeness (QED) is 0.632. The van der Waals surface area contributed by atoms with Gasteiger partial charge in [-0.15, -0.1) is 0 Å². The number of hydrogen-bond donors (Lipinski definition) is 1. The number of ether oxygens (including phenoxy) is 3. The average Bonchev–Trinajstić information content (AvgIpc) is 2.83. The van der Waals surface area contributed by atoms with Gasteiger partial charge in [0.25, 0.3) is 0 Å². The fraction of sp³-hybridized carbons (Fsp3) is 0.417. The molecule has 0 amide bonds. The first-order valence-corrected chi connectivity index (χ1v) is 5.43. The molecule has 1 aromatic rings. The summed E-state index contributed by atoms with van der Waals surface area (Å²) in [5, 5.41) is 0. The fourth-order valence-corrected chi connectivity index (χ4v) is 1.73. The number of nitrogens with two attached hydrogens (primary N) is 1. The molecule has 0 spiro atoms. The van der Waals surface area contributed by atoms with Crippen molar-refractivity contribution >= 4 is 11.7 Å². The van der Waals surface area contributed by atoms with Gasteiger partial charge in [-0.3, -0.25) is 0 Å². The predicted octanol–water partition coefficient (Wildman–Crippen LogP) is 1.22. The van der Waals surface area contributed by atoms with Crippen molar-refractivity contribution in [1.82, 2.24) is 0 Å². The number of carbonyl (C=O) groups is 1. The van der Waals surface area contributed by atoms with Gasteiger partial charge in [0.2, 0.25) is 0 Å². The Labute approximate surface area is 99.5 Å². The third-order valence-corrected chi connectivity index (χ3v) is 2.62. The summed E-state index contributed by atoms with van der Waals surface area (Å²) in [5.74, 6) is -0.0685. The molecule has 5 nitrogen and oxygen atoms in total. The van der Waals surface area contributed by atoms with E-state index in [1.807, 2.05) is 0 Å². The van der Waals surface area contributed by atoms with Gasteiger partial charge in [-0.05, 0) is 12.1 Å². The second-order valence-electron chi connectivity index (χ2n) is 3.82. The topological polar surface area (TPSA) is 70.8 Å². The van der Waals surface area contributed by atoms with E-state index >= 15 is 0 Å². The Morgan fingerprint density at radius 3 is 3.00 bits per heavy atom. The summed E-state index contributed by atoms with van der Waals surface area (Å²) in [6.07, 6.45) is 0.748. The predicted molar refractivity (Wildman–Crippen MR) is 62.0 cm³/mol. The first kappa shape index (κ1) is 11.7. The zero-order valence-electron chi connectivity index (χ0n) is 9.64. The third-order valence-electron chi connectivity index (χ3n) is 2.62. The minimum Gasteiger partial charge on any atom is -0.485 e. The molecule has 0 radical (unpaired) electrons. The number of para-hydroxylation sites is 1. The van der Waals surface area contributed by atoms with Gasteiger partial charge < -0.3 is 19.9 Å². The fourth-order valence-electron chi connectivity index (χ4n) is 1.73. The van der Waals surface area contributed by atoms with E-state index in [0.717, 1.165) is 6.42 Å². The molecule has 0 aromatic heterocycles. The zero-order chi connectivity index (χ0) is 12.3. The lowest BCUT2D eigenvalue weighted by Crippen LogP contribution is -2.19. The molecule has 1 atom stereocenters. The monoisotopic (exact) mass is 237 g/mol. The molecule has 0 bridgehead atoms. The molecule has 2 rings (SSSR count). The van der Waals surface area contributed by atoms with Crippen LogP contribution in [0.2, 0.25) is 0 Å². The van der Waals surface area contributed by atoms with Gasteiger partial charge in [0.05, 0.1) is 26.0 Å². The summed E-state index contributed by atoms with van der Waals surface area (Å²) in [4.78, 5) is 11.6. The van der Waals surface area contributed by atoms with Crippen molar-refractivity contribution in [3.63, 3.8) is 0 Å². The standard InChI is InChI=1S/C12H15NO4/c1-15-12(14)9-3-2-4-10(13)11(9)17-8-5-6-16-7-8/h2-4,8H,5-7,13H2,1H3. The lowest BCUT2D eigenvalue weighted by atomic mass is 10.1. The van der Waals surface area contributed by atoms with E-state index in [0.29, 0.717) is 30.2 Å². The van der Waals surface area contributed by atoms with Crippen LogP contribution < -0.4 is 10.5 Å². The van der Waals surface area contributed by atoms with E-state index in [4.69, 9.17) is 19.9 Å². The Morgan fingerprint density at radius 1 is 1.53 bits per heavy atom. The third kappa shape index (κ3) is 2.50. The summed E-state index contributed by atoms with van der Waals surface area (Å²) >= 11 is 0. The van der Waals surface area contributed by atoms with Crippen molar-refractivity contribution in [2.45, 2.75) is 12.5 Å². The van der Waals surface area contributed by atoms with E-state index < -0.39 is 5.97 Å². The zero-order valence-corrected chi connectivity index (χ0v) is 9.64. The van der Waals surface area contributed by atoms with Crippen molar-refractivity contribution in [2.75, 3.05) is 26.1 Å². The molecule has 1 aromatic carbocycles. The van der Waals surface area contributed by atoms with Gasteiger partial charge in [0.15, 0.2) is 5.75 Å². The van der Waals surface area contributed by atoms with Crippen LogP contribution in [0.1, 0.15) is 16.8 Å². The Hall–Kier alpha value is -1.75. The first-order valence-electron chi connectivity index (χ1n) is 5.43. The first-order chi connectivity index (χ1) is 8.22. The number of rotatable bonds is 3. The summed E-state index contributed by atoms with van der Waals surface area (Å²) in [5.41, 5.74) is 6.60. The second kappa shape index (κ2) is 5.05. The highest BCUT2D eigenvalue weighted by Crippen LogP contribution is 2.29. The highest BCUT2D eigenvalue weighted by molar-refractivity contribution is 5.94. The maximum Gasteiger partial charge on any atom is 0.341 e. The lowest BCUT2D eigenvalue weighted by Gasteiger charge is -2.16. The largest absolute Gasteiger partial charge is 0.485 e. The SMILES string of the molecule is COC(=O)c1cccc(N)c1OC1CCOC1. The molecular formula is C12H15NO4. The Balaban J connectivity index is 2.26. The lowest BCUT2D eigenvalue weighted by molar-refractivity contribution is 0.0592. The van der Waals surface area contributed by atoms with Crippen LogP contribution in [0.15, 0.2) is 18.2 Å². The van der Waals surface area contributed by atoms with Gasteiger partial charge in [-0.25, -0.2) is 4.79 Å². The summed E-state index contributed by atoms with van der Waals surface area (Å²) in [6.45, 7) is 1.19. The summed E-state index contributed by atoms with van der Waals surface area (Å²) in [7, 11) is 1.33. The molecule has 2 N–H and O–H groups in total. The van der Waals surface area contributed by atoms with Crippen LogP contribution in [-0.2, 0) is 9.47 Å². The van der Waals surface area contributed by atoms with Crippen LogP contribution in [0.25, 0.3) is 0 Å². The molecular weight excluding hydrogens is 222 g/mol. The van der Waals surface area contributed by atoms with E-state index in [-0.39, 0.29) is 6.10 Å². The molecule has 1 fully saturated rings. The summed E-state index contributed by atoms with van der Waals surface area (Å²) in [6, 6.07) is 5.02. The number of benzene rings is 1. The molecule has 17 heavy (non-hydrogen) atoms. The smallest absolute Gasteiger partial charge is 0.341 e. The van der Waals surface area contributed by atoms with Crippen LogP contribution in [0.5, 0.6) is 5.75 Å². The van der Waals surface area contributed by atoms with Gasteiger partial charge in [-0.1, -0.05) is 6.07 Å². The molecule has 1 heterocycles. The number of esters is 1. The Bertz CT molecular complexity index is 413. The number of carbonyl (C=O) groups excluding carboxylic acids is 1. The van der Waals surface area contributed by atoms with Crippen LogP contribution in [0.3, 0.4) is 0 Å². The van der Waals surface area contributed by atoms with Crippen molar-refractivity contribution < 1.29 is 19.0 Å². The number of nitrogen functional groups attached to an aromatic ring is 1. The van der Waals surface area contributed by atoms with Crippen molar-refractivity contribution in [1.29, 1.82) is 0 Å². The van der Waals surface area contributed by atoms with Crippen LogP contribution in [0.4, 0.5) is 5.69 Å². The van der Waals surface area contributed by atoms with Crippen molar-refractivity contribution in [3.05, 3.63) is 23.8 Å². The number of hydrogen-bond acceptors (Lipinski definition) is 5. The second-order valence-corrected chi connectivity index (χ2v) is 3.82. The average molecular weight is 237 g/mol. The van der Waals surface area contributed by atoms with Crippen molar-refractivity contribution in [3.8, 4) is 5.75 Å². The van der Waals surface area contributed by atoms with E-state index in [9.17, 15) is 4.79 Å². The van der Waals surface area contributed by atoms with E-state index in [1.165, 1.54) is 7.11 Å². The minimum atomic E-state index is -0.453. The van der Waals surface area contributed by atoms with Crippen molar-refractivity contribution in [2.24, 2.45) is 0 Å². The van der Waals surface area contributed by atoms with Gasteiger partial charge in [-0.2, -0.15) is 0 Å². The number of methoxy groups -OCH3 is 1. The normalized spacial score (nSPS) is 19.0. The molecule has 92 valence electrons. The molecule has 5 heteroatoms. The Morgan fingerprint density at radius 2 is 2.35 bits per heavy atom. The van der Waals surface area contributed by atoms with Gasteiger partial charge >= 0.3 is 5.97 Å². The molecule has 0 saturated carbocycles. The van der Waals surface area contributed by atoms with Gasteiger partial charge in [0.1, 0.15) is 11.7 Å². The minimum absolute atomic E-state index is 0.0527.